The van der Waals surface area contributed by atoms with Crippen LogP contribution in [0.4, 0.5) is 23.2 Å². The van der Waals surface area contributed by atoms with Crippen LogP contribution in [0.5, 0.6) is 0 Å². The average Bonchev–Trinajstić information content (AvgIpc) is 3.07. The Morgan fingerprint density at radius 3 is 2.59 bits per heavy atom. The van der Waals surface area contributed by atoms with Crippen molar-refractivity contribution >= 4 is 43.2 Å². The zero-order valence-corrected chi connectivity index (χ0v) is 20.5. The van der Waals surface area contributed by atoms with E-state index in [1.165, 1.54) is 11.3 Å². The Bertz CT molecular complexity index is 1150. The van der Waals surface area contributed by atoms with Gasteiger partial charge in [-0.25, -0.2) is 17.5 Å². The minimum Gasteiger partial charge on any atom is -0.378 e. The molecule has 1 aliphatic carbocycles. The van der Waals surface area contributed by atoms with Crippen molar-refractivity contribution in [2.24, 2.45) is 0 Å². The second kappa shape index (κ2) is 10.1. The van der Waals surface area contributed by atoms with E-state index in [-0.39, 0.29) is 24.2 Å². The van der Waals surface area contributed by atoms with Gasteiger partial charge < -0.3 is 10.6 Å². The van der Waals surface area contributed by atoms with Crippen LogP contribution in [0.1, 0.15) is 42.5 Å². The van der Waals surface area contributed by atoms with Crippen LogP contribution < -0.4 is 15.4 Å². The number of anilines is 1. The molecule has 2 aliphatic rings. The number of rotatable bonds is 6. The van der Waals surface area contributed by atoms with Crippen molar-refractivity contribution in [3.8, 4) is 0 Å². The molecule has 34 heavy (non-hydrogen) atoms. The maximum Gasteiger partial charge on any atom is 0.393 e. The number of hydrogen-bond acceptors (Lipinski definition) is 5. The van der Waals surface area contributed by atoms with E-state index in [0.29, 0.717) is 59.3 Å². The predicted molar refractivity (Wildman–Crippen MR) is 130 cm³/mol. The molecule has 0 bridgehead atoms. The fourth-order valence-electron chi connectivity index (χ4n) is 4.72. The van der Waals surface area contributed by atoms with E-state index in [9.17, 15) is 26.0 Å². The van der Waals surface area contributed by atoms with Gasteiger partial charge in [0.1, 0.15) is 6.17 Å². The molecule has 2 fully saturated rings. The summed E-state index contributed by atoms with van der Waals surface area (Å²) in [7, 11) is -3.30. The van der Waals surface area contributed by atoms with Gasteiger partial charge in [-0.2, -0.15) is 13.2 Å². The lowest BCUT2D eigenvalue weighted by Crippen LogP contribution is -2.45. The summed E-state index contributed by atoms with van der Waals surface area (Å²) < 4.78 is 81.1. The number of sulfonamides is 1. The van der Waals surface area contributed by atoms with Crippen LogP contribution in [0.25, 0.3) is 16.2 Å². The summed E-state index contributed by atoms with van der Waals surface area (Å²) in [5.74, 6) is 0. The van der Waals surface area contributed by atoms with Crippen LogP contribution in [-0.2, 0) is 16.4 Å². The van der Waals surface area contributed by atoms with Gasteiger partial charge in [0, 0.05) is 17.5 Å². The van der Waals surface area contributed by atoms with Crippen molar-refractivity contribution in [1.29, 1.82) is 0 Å². The van der Waals surface area contributed by atoms with Crippen LogP contribution in [0.2, 0.25) is 0 Å². The minimum absolute atomic E-state index is 0.154. The van der Waals surface area contributed by atoms with E-state index in [0.717, 1.165) is 11.8 Å². The van der Waals surface area contributed by atoms with Crippen molar-refractivity contribution in [3.63, 3.8) is 0 Å². The Kier molecular flexibility index (Phi) is 7.56. The summed E-state index contributed by atoms with van der Waals surface area (Å²) in [5, 5.41) is 6.78. The topological polar surface area (TPSA) is 70.2 Å². The molecule has 2 heterocycles. The van der Waals surface area contributed by atoms with E-state index < -0.39 is 28.8 Å². The second-order valence-corrected chi connectivity index (χ2v) is 12.0. The Balaban J connectivity index is 1.64. The van der Waals surface area contributed by atoms with Crippen LogP contribution in [0.15, 0.2) is 23.8 Å². The van der Waals surface area contributed by atoms with Gasteiger partial charge in [-0.1, -0.05) is 17.7 Å². The monoisotopic (exact) mass is 519 g/mol. The van der Waals surface area contributed by atoms with Crippen molar-refractivity contribution < 1.29 is 26.0 Å². The predicted octanol–water partition coefficient (Wildman–Crippen LogP) is 4.99. The lowest BCUT2D eigenvalue weighted by Gasteiger charge is -2.28. The Hall–Kier alpha value is -1.69. The summed E-state index contributed by atoms with van der Waals surface area (Å²) in [4.78, 5) is 0.563. The molecule has 1 aromatic carbocycles. The second-order valence-electron chi connectivity index (χ2n) is 9.15. The first-order valence-electron chi connectivity index (χ1n) is 11.4. The van der Waals surface area contributed by atoms with Crippen molar-refractivity contribution in [3.05, 3.63) is 34.2 Å². The quantitative estimate of drug-likeness (QED) is 0.470. The van der Waals surface area contributed by atoms with Crippen LogP contribution in [0.3, 0.4) is 0 Å². The molecular weight excluding hydrogens is 490 g/mol. The van der Waals surface area contributed by atoms with E-state index >= 15 is 0 Å². The van der Waals surface area contributed by atoms with Gasteiger partial charge in [-0.15, -0.1) is 11.3 Å². The fraction of sp³-hybridized carbons (Fsp3) is 0.565. The Morgan fingerprint density at radius 2 is 1.94 bits per heavy atom. The molecule has 1 aliphatic heterocycles. The first-order chi connectivity index (χ1) is 16.0. The number of alkyl halides is 4. The smallest absolute Gasteiger partial charge is 0.378 e. The maximum absolute atomic E-state index is 14.4. The van der Waals surface area contributed by atoms with E-state index in [2.05, 4.69) is 15.4 Å². The van der Waals surface area contributed by atoms with Crippen molar-refractivity contribution in [2.75, 3.05) is 24.7 Å². The molecule has 3 N–H and O–H groups in total. The first-order valence-corrected chi connectivity index (χ1v) is 14.1. The number of thiophene rings is 1. The van der Waals surface area contributed by atoms with Gasteiger partial charge in [0.25, 0.3) is 0 Å². The van der Waals surface area contributed by atoms with E-state index in [4.69, 9.17) is 0 Å². The summed E-state index contributed by atoms with van der Waals surface area (Å²) in [6.07, 6.45) is -0.444. The lowest BCUT2D eigenvalue weighted by molar-refractivity contribution is -0.126. The van der Waals surface area contributed by atoms with Gasteiger partial charge in [-0.3, -0.25) is 0 Å². The number of benzene rings is 1. The molecule has 11 heteroatoms. The molecule has 4 rings (SSSR count). The van der Waals surface area contributed by atoms with Gasteiger partial charge in [-0.05, 0) is 61.7 Å². The molecule has 5 nitrogen and oxygen atoms in total. The zero-order chi connectivity index (χ0) is 24.5. The van der Waals surface area contributed by atoms with Gasteiger partial charge in [0.05, 0.1) is 29.1 Å². The molecule has 2 aromatic rings. The van der Waals surface area contributed by atoms with E-state index in [1.807, 2.05) is 6.08 Å². The highest BCUT2D eigenvalue weighted by Gasteiger charge is 2.32. The molecule has 2 atom stereocenters. The third-order valence-electron chi connectivity index (χ3n) is 6.32. The number of allylic oxidation sites excluding steroid dienone is 1. The summed E-state index contributed by atoms with van der Waals surface area (Å²) in [6, 6.07) is 4.66. The molecule has 0 unspecified atom stereocenters. The van der Waals surface area contributed by atoms with Crippen LogP contribution >= 0.6 is 11.3 Å². The Morgan fingerprint density at radius 1 is 1.21 bits per heavy atom. The SMILES string of the molecule is CS(=O)(=O)NC1CCC(=Cc2sc3c(N[C@@H]4CCNC[C@@H]4F)cccc3c2CC(F)(F)F)CC1. The summed E-state index contributed by atoms with van der Waals surface area (Å²) in [6.45, 7) is 0.939. The molecule has 1 saturated carbocycles. The zero-order valence-electron chi connectivity index (χ0n) is 18.8. The standard InChI is InChI=1S/C23H29F4N3O2S2/c1-34(31,32)30-15-7-5-14(6-8-15)11-21-17(12-23(25,26)27)16-3-2-4-20(22(16)33-21)29-19-9-10-28-13-18(19)24/h2-4,11,15,18-19,28-30H,5-10,12-13H2,1H3/t15?,18-,19+/m0/s1. The highest BCUT2D eigenvalue weighted by Crippen LogP contribution is 2.41. The van der Waals surface area contributed by atoms with Gasteiger partial charge in [0.15, 0.2) is 0 Å². The first kappa shape index (κ1) is 25.4. The van der Waals surface area contributed by atoms with Gasteiger partial charge in [0.2, 0.25) is 10.0 Å². The largest absolute Gasteiger partial charge is 0.393 e. The highest BCUT2D eigenvalue weighted by atomic mass is 32.2. The highest BCUT2D eigenvalue weighted by molar-refractivity contribution is 7.88. The maximum atomic E-state index is 14.4. The number of piperidine rings is 1. The molecule has 188 valence electrons. The van der Waals surface area contributed by atoms with E-state index in [1.54, 1.807) is 18.2 Å². The minimum atomic E-state index is -4.36. The summed E-state index contributed by atoms with van der Waals surface area (Å²) in [5.41, 5.74) is 1.91. The lowest BCUT2D eigenvalue weighted by atomic mass is 9.90. The molecule has 0 amide bonds. The normalized spacial score (nSPS) is 24.4. The third-order valence-corrected chi connectivity index (χ3v) is 8.31. The van der Waals surface area contributed by atoms with Crippen LogP contribution in [0, 0.1) is 0 Å². The Labute approximate surface area is 201 Å². The average molecular weight is 520 g/mol. The number of fused-ring (bicyclic) bond motifs is 1. The van der Waals surface area contributed by atoms with Gasteiger partial charge >= 0.3 is 6.18 Å². The fourth-order valence-corrected chi connectivity index (χ4v) is 6.85. The van der Waals surface area contributed by atoms with Crippen LogP contribution in [-0.4, -0.2) is 52.2 Å². The number of hydrogen-bond donors (Lipinski definition) is 3. The van der Waals surface area contributed by atoms with Crippen molar-refractivity contribution in [2.45, 2.75) is 63.0 Å². The molecule has 0 radical (unpaired) electrons. The molecule has 0 spiro atoms. The summed E-state index contributed by atoms with van der Waals surface area (Å²) >= 11 is 1.30. The number of nitrogens with one attached hydrogen (secondary N) is 3. The molecular formula is C23H29F4N3O2S2. The number of halogens is 4. The third kappa shape index (κ3) is 6.50. The molecule has 1 saturated heterocycles. The van der Waals surface area contributed by atoms with Crippen molar-refractivity contribution in [1.82, 2.24) is 10.0 Å². The molecule has 1 aromatic heterocycles.